The molecular weight excluding hydrogens is 262 g/mol. The van der Waals surface area contributed by atoms with Gasteiger partial charge in [-0.1, -0.05) is 24.6 Å². The van der Waals surface area contributed by atoms with Gasteiger partial charge >= 0.3 is 0 Å². The molecule has 0 saturated carbocycles. The van der Waals surface area contributed by atoms with Crippen LogP contribution >= 0.6 is 0 Å². The lowest BCUT2D eigenvalue weighted by molar-refractivity contribution is 0.0951. The minimum absolute atomic E-state index is 0.154. The highest BCUT2D eigenvalue weighted by Gasteiger charge is 2.24. The number of hydrogen-bond acceptors (Lipinski definition) is 4. The summed E-state index contributed by atoms with van der Waals surface area (Å²) in [6.07, 6.45) is 3.09. The van der Waals surface area contributed by atoms with Crippen LogP contribution in [0.4, 0.5) is 11.6 Å². The third kappa shape index (κ3) is 2.79. The first kappa shape index (κ1) is 13.7. The van der Waals surface area contributed by atoms with Gasteiger partial charge < -0.3 is 5.32 Å². The average molecular weight is 281 g/mol. The monoisotopic (exact) mass is 281 g/mol. The Morgan fingerprint density at radius 3 is 2.81 bits per heavy atom. The van der Waals surface area contributed by atoms with Crippen molar-refractivity contribution in [3.05, 3.63) is 46.8 Å². The third-order valence-corrected chi connectivity index (χ3v) is 3.87. The van der Waals surface area contributed by atoms with Crippen molar-refractivity contribution in [1.29, 1.82) is 0 Å². The largest absolute Gasteiger partial charge is 0.324 e. The smallest absolute Gasteiger partial charge is 0.227 e. The van der Waals surface area contributed by atoms with Gasteiger partial charge in [-0.2, -0.15) is 0 Å². The number of ketones is 1. The van der Waals surface area contributed by atoms with Crippen molar-refractivity contribution in [2.45, 2.75) is 33.6 Å². The van der Waals surface area contributed by atoms with Gasteiger partial charge in [0.05, 0.1) is 11.3 Å². The van der Waals surface area contributed by atoms with E-state index in [2.05, 4.69) is 48.2 Å². The van der Waals surface area contributed by atoms with E-state index < -0.39 is 0 Å². The fourth-order valence-corrected chi connectivity index (χ4v) is 2.77. The molecule has 4 heteroatoms. The van der Waals surface area contributed by atoms with Crippen LogP contribution in [0.3, 0.4) is 0 Å². The van der Waals surface area contributed by atoms with E-state index in [0.29, 0.717) is 23.9 Å². The van der Waals surface area contributed by atoms with Crippen LogP contribution in [-0.4, -0.2) is 15.8 Å². The van der Waals surface area contributed by atoms with Gasteiger partial charge in [-0.25, -0.2) is 9.97 Å². The standard InChI is InChI=1S/C17H19N3O/c1-10-4-5-14(12(3)6-10)19-17-18-9-13-15(20-17)7-11(2)8-16(13)21/h4-6,9,11H,7-8H2,1-3H3,(H,18,19,20)/t11-/m0/s1. The fourth-order valence-electron chi connectivity index (χ4n) is 2.77. The molecule has 1 heterocycles. The van der Waals surface area contributed by atoms with Crippen molar-refractivity contribution in [1.82, 2.24) is 9.97 Å². The van der Waals surface area contributed by atoms with E-state index in [1.807, 2.05) is 6.07 Å². The fraction of sp³-hybridized carbons (Fsp3) is 0.353. The summed E-state index contributed by atoms with van der Waals surface area (Å²) < 4.78 is 0. The van der Waals surface area contributed by atoms with Crippen molar-refractivity contribution in [3.63, 3.8) is 0 Å². The zero-order valence-corrected chi connectivity index (χ0v) is 12.6. The number of aromatic nitrogens is 2. The van der Waals surface area contributed by atoms with E-state index in [0.717, 1.165) is 23.4 Å². The van der Waals surface area contributed by atoms with Crippen LogP contribution in [0.25, 0.3) is 0 Å². The predicted octanol–water partition coefficient (Wildman–Crippen LogP) is 3.60. The summed E-state index contributed by atoms with van der Waals surface area (Å²) in [6, 6.07) is 6.20. The number of anilines is 2. The maximum Gasteiger partial charge on any atom is 0.227 e. The molecular formula is C17H19N3O. The molecule has 0 unspecified atom stereocenters. The summed E-state index contributed by atoms with van der Waals surface area (Å²) in [5, 5.41) is 3.25. The number of rotatable bonds is 2. The Kier molecular flexibility index (Phi) is 3.45. The molecule has 1 N–H and O–H groups in total. The van der Waals surface area contributed by atoms with Crippen molar-refractivity contribution in [3.8, 4) is 0 Å². The van der Waals surface area contributed by atoms with Crippen LogP contribution in [0.15, 0.2) is 24.4 Å². The number of fused-ring (bicyclic) bond motifs is 1. The molecule has 1 aromatic carbocycles. The average Bonchev–Trinajstić information content (AvgIpc) is 2.41. The Labute approximate surface area is 124 Å². The van der Waals surface area contributed by atoms with Crippen LogP contribution in [-0.2, 0) is 6.42 Å². The second-order valence-electron chi connectivity index (χ2n) is 5.93. The lowest BCUT2D eigenvalue weighted by Gasteiger charge is -2.19. The molecule has 4 nitrogen and oxygen atoms in total. The molecule has 3 rings (SSSR count). The maximum absolute atomic E-state index is 12.0. The quantitative estimate of drug-likeness (QED) is 0.913. The number of carbonyl (C=O) groups excluding carboxylic acids is 1. The van der Waals surface area contributed by atoms with Crippen molar-refractivity contribution >= 4 is 17.4 Å². The highest BCUT2D eigenvalue weighted by Crippen LogP contribution is 2.25. The van der Waals surface area contributed by atoms with Crippen LogP contribution in [0.5, 0.6) is 0 Å². The van der Waals surface area contributed by atoms with Crippen LogP contribution in [0.2, 0.25) is 0 Å². The number of aryl methyl sites for hydroxylation is 2. The van der Waals surface area contributed by atoms with Crippen molar-refractivity contribution < 1.29 is 4.79 Å². The normalized spacial score (nSPS) is 17.5. The Hall–Kier alpha value is -2.23. The number of hydrogen-bond donors (Lipinski definition) is 1. The summed E-state index contributed by atoms with van der Waals surface area (Å²) >= 11 is 0. The number of benzene rings is 1. The topological polar surface area (TPSA) is 54.9 Å². The first-order valence-corrected chi connectivity index (χ1v) is 7.26. The summed E-state index contributed by atoms with van der Waals surface area (Å²) in [5.74, 6) is 1.07. The molecule has 0 saturated heterocycles. The van der Waals surface area contributed by atoms with E-state index in [-0.39, 0.29) is 5.78 Å². The summed E-state index contributed by atoms with van der Waals surface area (Å²) in [4.78, 5) is 20.8. The number of Topliss-reactive ketones (excluding diaryl/α,β-unsaturated/α-hetero) is 1. The number of nitrogens with one attached hydrogen (secondary N) is 1. The summed E-state index contributed by atoms with van der Waals surface area (Å²) in [6.45, 7) is 6.21. The Balaban J connectivity index is 1.90. The lowest BCUT2D eigenvalue weighted by atomic mass is 9.88. The Bertz CT molecular complexity index is 709. The van der Waals surface area contributed by atoms with E-state index in [9.17, 15) is 4.79 Å². The van der Waals surface area contributed by atoms with Gasteiger partial charge in [0.25, 0.3) is 0 Å². The van der Waals surface area contributed by atoms with E-state index in [4.69, 9.17) is 0 Å². The van der Waals surface area contributed by atoms with E-state index in [1.54, 1.807) is 6.20 Å². The molecule has 0 fully saturated rings. The van der Waals surface area contributed by atoms with Gasteiger partial charge in [0.2, 0.25) is 5.95 Å². The molecule has 2 aromatic rings. The molecule has 0 spiro atoms. The van der Waals surface area contributed by atoms with Gasteiger partial charge in [-0.15, -0.1) is 0 Å². The third-order valence-electron chi connectivity index (χ3n) is 3.87. The molecule has 1 aliphatic carbocycles. The summed E-state index contributed by atoms with van der Waals surface area (Å²) in [5.41, 5.74) is 4.92. The zero-order valence-electron chi connectivity index (χ0n) is 12.6. The highest BCUT2D eigenvalue weighted by atomic mass is 16.1. The van der Waals surface area contributed by atoms with Gasteiger partial charge in [0.1, 0.15) is 0 Å². The van der Waals surface area contributed by atoms with Gasteiger partial charge in [0.15, 0.2) is 5.78 Å². The zero-order chi connectivity index (χ0) is 15.0. The highest BCUT2D eigenvalue weighted by molar-refractivity contribution is 5.98. The predicted molar refractivity (Wildman–Crippen MR) is 83.0 cm³/mol. The minimum atomic E-state index is 0.154. The molecule has 1 atom stereocenters. The SMILES string of the molecule is Cc1ccc(Nc2ncc3c(n2)C[C@H](C)CC3=O)c(C)c1. The van der Waals surface area contributed by atoms with Crippen molar-refractivity contribution in [2.24, 2.45) is 5.92 Å². The maximum atomic E-state index is 12.0. The van der Waals surface area contributed by atoms with Gasteiger partial charge in [-0.05, 0) is 37.8 Å². The summed E-state index contributed by atoms with van der Waals surface area (Å²) in [7, 11) is 0. The second kappa shape index (κ2) is 5.28. The number of nitrogens with zero attached hydrogens (tertiary/aromatic N) is 2. The molecule has 0 amide bonds. The Morgan fingerprint density at radius 2 is 2.05 bits per heavy atom. The molecule has 1 aliphatic rings. The molecule has 0 radical (unpaired) electrons. The molecule has 21 heavy (non-hydrogen) atoms. The first-order valence-electron chi connectivity index (χ1n) is 7.26. The number of carbonyl (C=O) groups is 1. The molecule has 0 bridgehead atoms. The van der Waals surface area contributed by atoms with Crippen molar-refractivity contribution in [2.75, 3.05) is 5.32 Å². The molecule has 1 aromatic heterocycles. The van der Waals surface area contributed by atoms with Crippen LogP contribution in [0, 0.1) is 19.8 Å². The molecule has 0 aliphatic heterocycles. The van der Waals surface area contributed by atoms with Gasteiger partial charge in [-0.3, -0.25) is 4.79 Å². The van der Waals surface area contributed by atoms with Gasteiger partial charge in [0, 0.05) is 18.3 Å². The Morgan fingerprint density at radius 1 is 1.24 bits per heavy atom. The molecule has 108 valence electrons. The first-order chi connectivity index (χ1) is 10.0. The van der Waals surface area contributed by atoms with E-state index >= 15 is 0 Å². The van der Waals surface area contributed by atoms with E-state index in [1.165, 1.54) is 5.56 Å². The van der Waals surface area contributed by atoms with Crippen LogP contribution < -0.4 is 5.32 Å². The lowest BCUT2D eigenvalue weighted by Crippen LogP contribution is -2.20. The second-order valence-corrected chi connectivity index (χ2v) is 5.93. The van der Waals surface area contributed by atoms with Crippen LogP contribution in [0.1, 0.15) is 40.5 Å². The minimum Gasteiger partial charge on any atom is -0.324 e.